The zero-order valence-electron chi connectivity index (χ0n) is 14.9. The van der Waals surface area contributed by atoms with Crippen LogP contribution in [0.25, 0.3) is 0 Å². The number of nitrogens with zero attached hydrogens (tertiary/aromatic N) is 2. The van der Waals surface area contributed by atoms with Crippen molar-refractivity contribution in [2.45, 2.75) is 58.6 Å². The topological polar surface area (TPSA) is 104 Å². The molecular formula is C17H23N3O5. The second kappa shape index (κ2) is 6.18. The third-order valence-corrected chi connectivity index (χ3v) is 4.33. The average Bonchev–Trinajstić information content (AvgIpc) is 3.02. The van der Waals surface area contributed by atoms with Crippen molar-refractivity contribution in [1.82, 2.24) is 9.88 Å². The van der Waals surface area contributed by atoms with Gasteiger partial charge in [-0.15, -0.1) is 0 Å². The van der Waals surface area contributed by atoms with E-state index < -0.39 is 23.7 Å². The first-order chi connectivity index (χ1) is 11.7. The molecule has 8 nitrogen and oxygen atoms in total. The second-order valence-electron chi connectivity index (χ2n) is 7.22. The molecule has 0 unspecified atom stereocenters. The summed E-state index contributed by atoms with van der Waals surface area (Å²) in [5.41, 5.74) is 8.78. The summed E-state index contributed by atoms with van der Waals surface area (Å²) in [6.45, 7) is 6.31. The smallest absolute Gasteiger partial charge is 0.411 e. The molecule has 0 saturated heterocycles. The fourth-order valence-electron chi connectivity index (χ4n) is 3.19. The lowest BCUT2D eigenvalue weighted by Crippen LogP contribution is -2.51. The maximum absolute atomic E-state index is 12.6. The maximum Gasteiger partial charge on any atom is 0.411 e. The van der Waals surface area contributed by atoms with Gasteiger partial charge in [0.2, 0.25) is 0 Å². The van der Waals surface area contributed by atoms with E-state index >= 15 is 0 Å². The summed E-state index contributed by atoms with van der Waals surface area (Å²) in [6, 6.07) is -0.762. The molecule has 0 bridgehead atoms. The van der Waals surface area contributed by atoms with E-state index in [0.717, 1.165) is 16.7 Å². The van der Waals surface area contributed by atoms with Crippen molar-refractivity contribution >= 4 is 17.9 Å². The average molecular weight is 349 g/mol. The zero-order valence-corrected chi connectivity index (χ0v) is 14.9. The lowest BCUT2D eigenvalue weighted by Gasteiger charge is -2.36. The van der Waals surface area contributed by atoms with E-state index in [-0.39, 0.29) is 6.54 Å². The molecule has 0 aromatic carbocycles. The zero-order chi connectivity index (χ0) is 18.4. The van der Waals surface area contributed by atoms with Gasteiger partial charge >= 0.3 is 12.1 Å². The van der Waals surface area contributed by atoms with Crippen LogP contribution in [0.15, 0.2) is 0 Å². The second-order valence-corrected chi connectivity index (χ2v) is 7.22. The minimum absolute atomic E-state index is 0.140. The first kappa shape index (κ1) is 17.5. The molecule has 0 radical (unpaired) electrons. The number of amides is 1. The van der Waals surface area contributed by atoms with E-state index in [2.05, 4.69) is 4.98 Å². The highest BCUT2D eigenvalue weighted by Crippen LogP contribution is 2.34. The number of nitrogen functional groups attached to an aromatic ring is 1. The summed E-state index contributed by atoms with van der Waals surface area (Å²) < 4.78 is 15.8. The van der Waals surface area contributed by atoms with Gasteiger partial charge in [0.15, 0.2) is 0 Å². The van der Waals surface area contributed by atoms with Crippen LogP contribution in [0, 0.1) is 0 Å². The number of methoxy groups -OCH3 is 1. The van der Waals surface area contributed by atoms with Crippen LogP contribution in [-0.4, -0.2) is 40.7 Å². The molecule has 1 aromatic rings. The van der Waals surface area contributed by atoms with Crippen molar-refractivity contribution < 1.29 is 23.8 Å². The minimum Gasteiger partial charge on any atom is -0.467 e. The third-order valence-electron chi connectivity index (χ3n) is 4.33. The number of hydrogen-bond donors (Lipinski definition) is 1. The van der Waals surface area contributed by atoms with E-state index in [0.29, 0.717) is 31.1 Å². The minimum atomic E-state index is -0.762. The van der Waals surface area contributed by atoms with Crippen molar-refractivity contribution in [2.24, 2.45) is 0 Å². The third kappa shape index (κ3) is 3.26. The number of anilines is 1. The quantitative estimate of drug-likeness (QED) is 0.767. The first-order valence-electron chi connectivity index (χ1n) is 8.15. The number of aromatic nitrogens is 1. The highest BCUT2D eigenvalue weighted by Gasteiger charge is 2.40. The number of pyridine rings is 1. The Morgan fingerprint density at radius 1 is 1.24 bits per heavy atom. The summed E-state index contributed by atoms with van der Waals surface area (Å²) in [5.74, 6) is -0.0760. The number of hydrogen-bond acceptors (Lipinski definition) is 7. The van der Waals surface area contributed by atoms with Gasteiger partial charge in [-0.3, -0.25) is 4.90 Å². The molecule has 0 aliphatic carbocycles. The highest BCUT2D eigenvalue weighted by atomic mass is 16.6. The van der Waals surface area contributed by atoms with Crippen LogP contribution < -0.4 is 5.73 Å². The Morgan fingerprint density at radius 3 is 2.56 bits per heavy atom. The van der Waals surface area contributed by atoms with E-state index in [1.807, 2.05) is 0 Å². The standard InChI is InChI=1S/C17H23N3O5/c1-17(2,3)25-16(22)20-6-12-9(5-13(20)15(21)23-4)10-7-24-8-11(10)14(18)19-12/h13H,5-8H2,1-4H3,(H2,18,19)/t13-/m0/s1. The van der Waals surface area contributed by atoms with E-state index in [1.54, 1.807) is 20.8 Å². The molecular weight excluding hydrogens is 326 g/mol. The van der Waals surface area contributed by atoms with Crippen LogP contribution in [-0.2, 0) is 45.2 Å². The fraction of sp³-hybridized carbons (Fsp3) is 0.588. The van der Waals surface area contributed by atoms with Gasteiger partial charge in [-0.1, -0.05) is 0 Å². The predicted octanol–water partition coefficient (Wildman–Crippen LogP) is 1.53. The molecule has 0 fully saturated rings. The van der Waals surface area contributed by atoms with Gasteiger partial charge in [0.1, 0.15) is 17.5 Å². The molecule has 3 rings (SSSR count). The molecule has 1 atom stereocenters. The van der Waals surface area contributed by atoms with Gasteiger partial charge in [-0.25, -0.2) is 14.6 Å². The Hall–Kier alpha value is -2.35. The van der Waals surface area contributed by atoms with Gasteiger partial charge < -0.3 is 19.9 Å². The number of esters is 1. The normalized spacial score (nSPS) is 19.2. The Balaban J connectivity index is 1.99. The number of carbonyl (C=O) groups excluding carboxylic acids is 2. The van der Waals surface area contributed by atoms with Crippen LogP contribution in [0.4, 0.5) is 10.6 Å². The summed E-state index contributed by atoms with van der Waals surface area (Å²) in [5, 5.41) is 0. The Bertz CT molecular complexity index is 726. The fourth-order valence-corrected chi connectivity index (χ4v) is 3.19. The molecule has 0 spiro atoms. The lowest BCUT2D eigenvalue weighted by atomic mass is 9.92. The van der Waals surface area contributed by atoms with Gasteiger partial charge in [-0.2, -0.15) is 0 Å². The van der Waals surface area contributed by atoms with Crippen LogP contribution >= 0.6 is 0 Å². The molecule has 2 N–H and O–H groups in total. The molecule has 8 heteroatoms. The van der Waals surface area contributed by atoms with Crippen molar-refractivity contribution in [3.05, 3.63) is 22.4 Å². The van der Waals surface area contributed by atoms with E-state index in [1.165, 1.54) is 12.0 Å². The van der Waals surface area contributed by atoms with Crippen molar-refractivity contribution in [3.8, 4) is 0 Å². The van der Waals surface area contributed by atoms with E-state index in [9.17, 15) is 9.59 Å². The lowest BCUT2D eigenvalue weighted by molar-refractivity contribution is -0.147. The molecule has 2 aliphatic heterocycles. The van der Waals surface area contributed by atoms with Gasteiger partial charge in [0.25, 0.3) is 0 Å². The first-order valence-corrected chi connectivity index (χ1v) is 8.15. The Morgan fingerprint density at radius 2 is 1.92 bits per heavy atom. The van der Waals surface area contributed by atoms with Crippen molar-refractivity contribution in [1.29, 1.82) is 0 Å². The van der Waals surface area contributed by atoms with Crippen molar-refractivity contribution in [2.75, 3.05) is 12.8 Å². The number of carbonyl (C=O) groups is 2. The summed E-state index contributed by atoms with van der Waals surface area (Å²) >= 11 is 0. The molecule has 2 aliphatic rings. The summed E-state index contributed by atoms with van der Waals surface area (Å²) in [6.07, 6.45) is -0.272. The van der Waals surface area contributed by atoms with Crippen LogP contribution in [0.1, 0.15) is 43.2 Å². The SMILES string of the molecule is COC(=O)[C@@H]1Cc2c(nc(N)c3c2COC3)CN1C(=O)OC(C)(C)C. The van der Waals surface area contributed by atoms with Gasteiger partial charge in [0.05, 0.1) is 32.6 Å². The number of fused-ring (bicyclic) bond motifs is 3. The van der Waals surface area contributed by atoms with Gasteiger partial charge in [-0.05, 0) is 31.9 Å². The molecule has 1 amide bonds. The maximum atomic E-state index is 12.6. The molecule has 25 heavy (non-hydrogen) atoms. The Kier molecular flexibility index (Phi) is 4.32. The molecule has 0 saturated carbocycles. The number of ether oxygens (including phenoxy) is 3. The molecule has 136 valence electrons. The number of rotatable bonds is 1. The Labute approximate surface area is 146 Å². The monoisotopic (exact) mass is 349 g/mol. The van der Waals surface area contributed by atoms with Gasteiger partial charge in [0, 0.05) is 12.0 Å². The molecule has 3 heterocycles. The van der Waals surface area contributed by atoms with E-state index in [4.69, 9.17) is 19.9 Å². The summed E-state index contributed by atoms with van der Waals surface area (Å²) in [4.78, 5) is 30.6. The largest absolute Gasteiger partial charge is 0.467 e. The highest BCUT2D eigenvalue weighted by molar-refractivity contribution is 5.82. The number of nitrogens with two attached hydrogens (primary N) is 1. The van der Waals surface area contributed by atoms with Crippen LogP contribution in [0.2, 0.25) is 0 Å². The molecule has 1 aromatic heterocycles. The summed E-state index contributed by atoms with van der Waals surface area (Å²) in [7, 11) is 1.31. The van der Waals surface area contributed by atoms with Crippen LogP contribution in [0.5, 0.6) is 0 Å². The predicted molar refractivity (Wildman–Crippen MR) is 88.4 cm³/mol. The van der Waals surface area contributed by atoms with Crippen molar-refractivity contribution in [3.63, 3.8) is 0 Å². The van der Waals surface area contributed by atoms with Crippen LogP contribution in [0.3, 0.4) is 0 Å².